The number of carbonyl (C=O) groups excluding carboxylic acids is 1. The molecule has 6 nitrogen and oxygen atoms in total. The first-order chi connectivity index (χ1) is 13.6. The summed E-state index contributed by atoms with van der Waals surface area (Å²) < 4.78 is 7.42. The van der Waals surface area contributed by atoms with E-state index in [1.165, 1.54) is 0 Å². The number of pyridine rings is 1. The Balaban J connectivity index is 1.85. The van der Waals surface area contributed by atoms with Crippen molar-refractivity contribution in [1.29, 1.82) is 0 Å². The molecule has 1 unspecified atom stereocenters. The average Bonchev–Trinajstić information content (AvgIpc) is 3.09. The van der Waals surface area contributed by atoms with E-state index in [0.717, 1.165) is 11.3 Å². The minimum Gasteiger partial charge on any atom is -0.479 e. The van der Waals surface area contributed by atoms with E-state index in [1.54, 1.807) is 23.9 Å². The summed E-state index contributed by atoms with van der Waals surface area (Å²) in [6.45, 7) is 9.81. The van der Waals surface area contributed by atoms with Crippen LogP contribution in [-0.2, 0) is 10.2 Å². The van der Waals surface area contributed by atoms with E-state index in [9.17, 15) is 4.79 Å². The molecule has 3 aromatic rings. The number of nitrogens with zero attached hydrogens (tertiary/aromatic N) is 3. The molecule has 0 spiro atoms. The molecule has 152 valence electrons. The van der Waals surface area contributed by atoms with Gasteiger partial charge in [-0.25, -0.2) is 4.98 Å². The molecule has 29 heavy (non-hydrogen) atoms. The Morgan fingerprint density at radius 3 is 2.62 bits per heavy atom. The first-order valence-corrected chi connectivity index (χ1v) is 9.78. The Morgan fingerprint density at radius 2 is 1.97 bits per heavy atom. The van der Waals surface area contributed by atoms with Gasteiger partial charge in [-0.05, 0) is 43.7 Å². The lowest BCUT2D eigenvalue weighted by molar-refractivity contribution is -0.122. The van der Waals surface area contributed by atoms with Crippen molar-refractivity contribution in [3.05, 3.63) is 64.9 Å². The molecule has 7 heteroatoms. The number of nitrogens with one attached hydrogen (secondary N) is 1. The van der Waals surface area contributed by atoms with Crippen molar-refractivity contribution in [3.63, 3.8) is 0 Å². The van der Waals surface area contributed by atoms with Crippen LogP contribution in [0.2, 0.25) is 5.02 Å². The molecular weight excluding hydrogens is 388 g/mol. The summed E-state index contributed by atoms with van der Waals surface area (Å²) in [6.07, 6.45) is 0.935. The van der Waals surface area contributed by atoms with E-state index in [-0.39, 0.29) is 11.3 Å². The van der Waals surface area contributed by atoms with Gasteiger partial charge in [-0.3, -0.25) is 4.79 Å². The fraction of sp³-hybridized carbons (Fsp3) is 0.318. The maximum absolute atomic E-state index is 12.8. The molecule has 1 amide bonds. The Morgan fingerprint density at radius 1 is 1.21 bits per heavy atom. The van der Waals surface area contributed by atoms with E-state index in [4.69, 9.17) is 16.3 Å². The molecule has 1 aromatic carbocycles. The summed E-state index contributed by atoms with van der Waals surface area (Å²) >= 11 is 6.18. The van der Waals surface area contributed by atoms with Crippen LogP contribution in [0.5, 0.6) is 5.75 Å². The Labute approximate surface area is 175 Å². The van der Waals surface area contributed by atoms with Crippen molar-refractivity contribution in [2.75, 3.05) is 5.32 Å². The molecule has 1 atom stereocenters. The third kappa shape index (κ3) is 4.95. The second kappa shape index (κ2) is 8.25. The molecule has 0 aliphatic rings. The van der Waals surface area contributed by atoms with Crippen LogP contribution in [0.3, 0.4) is 0 Å². The summed E-state index contributed by atoms with van der Waals surface area (Å²) in [6, 6.07) is 12.8. The molecule has 3 rings (SSSR count). The number of benzene rings is 1. The van der Waals surface area contributed by atoms with Crippen LogP contribution in [0.1, 0.15) is 39.0 Å². The normalized spacial score (nSPS) is 12.5. The lowest BCUT2D eigenvalue weighted by Gasteiger charge is -2.16. The molecule has 2 aromatic heterocycles. The second-order valence-corrected chi connectivity index (χ2v) is 8.35. The van der Waals surface area contributed by atoms with Gasteiger partial charge in [-0.1, -0.05) is 44.5 Å². The largest absolute Gasteiger partial charge is 0.479 e. The molecular formula is C22H25ClN4O2. The molecule has 0 saturated carbocycles. The van der Waals surface area contributed by atoms with Crippen LogP contribution in [0.25, 0.3) is 5.82 Å². The van der Waals surface area contributed by atoms with Gasteiger partial charge in [0, 0.05) is 17.7 Å². The topological polar surface area (TPSA) is 69.0 Å². The molecule has 0 aliphatic carbocycles. The fourth-order valence-electron chi connectivity index (χ4n) is 2.66. The van der Waals surface area contributed by atoms with Gasteiger partial charge in [0.05, 0.1) is 10.7 Å². The van der Waals surface area contributed by atoms with Crippen molar-refractivity contribution < 1.29 is 9.53 Å². The smallest absolute Gasteiger partial charge is 0.266 e. The highest BCUT2D eigenvalue weighted by Gasteiger charge is 2.24. The van der Waals surface area contributed by atoms with Gasteiger partial charge in [-0.2, -0.15) is 9.78 Å². The maximum Gasteiger partial charge on any atom is 0.266 e. The van der Waals surface area contributed by atoms with Gasteiger partial charge in [-0.15, -0.1) is 0 Å². The fourth-order valence-corrected chi connectivity index (χ4v) is 2.83. The summed E-state index contributed by atoms with van der Waals surface area (Å²) in [5.41, 5.74) is 1.66. The third-order valence-corrected chi connectivity index (χ3v) is 4.67. The summed E-state index contributed by atoms with van der Waals surface area (Å²) in [5, 5.41) is 8.02. The predicted molar refractivity (Wildman–Crippen MR) is 115 cm³/mol. The van der Waals surface area contributed by atoms with Crippen molar-refractivity contribution in [1.82, 2.24) is 14.8 Å². The average molecular weight is 413 g/mol. The number of aryl methyl sites for hydroxylation is 1. The molecule has 1 N–H and O–H groups in total. The van der Waals surface area contributed by atoms with E-state index in [2.05, 4.69) is 36.2 Å². The van der Waals surface area contributed by atoms with Gasteiger partial charge in [0.25, 0.3) is 5.91 Å². The van der Waals surface area contributed by atoms with E-state index in [0.29, 0.717) is 22.4 Å². The highest BCUT2D eigenvalue weighted by Crippen LogP contribution is 2.28. The zero-order valence-corrected chi connectivity index (χ0v) is 18.0. The number of aromatic nitrogens is 3. The Bertz CT molecular complexity index is 1010. The van der Waals surface area contributed by atoms with Crippen LogP contribution >= 0.6 is 11.6 Å². The number of amides is 1. The molecule has 0 fully saturated rings. The number of anilines is 1. The number of halogens is 1. The first kappa shape index (κ1) is 20.9. The third-order valence-electron chi connectivity index (χ3n) is 4.36. The molecule has 0 aliphatic heterocycles. The van der Waals surface area contributed by atoms with Crippen LogP contribution in [0.15, 0.2) is 48.7 Å². The lowest BCUT2D eigenvalue weighted by Crippen LogP contribution is -2.31. The standard InChI is InChI=1S/C22H25ClN4O2/c1-14-9-10-16(23)17(12-14)29-15(2)21(28)25-20-13-18(22(3,4)5)26-27(20)19-8-6-7-11-24-19/h6-13,15H,1-5H3,(H,25,28). The van der Waals surface area contributed by atoms with Crippen LogP contribution in [0, 0.1) is 6.92 Å². The summed E-state index contributed by atoms with van der Waals surface area (Å²) in [5.74, 6) is 1.32. The van der Waals surface area contributed by atoms with Crippen molar-refractivity contribution in [3.8, 4) is 11.6 Å². The number of carbonyl (C=O) groups is 1. The lowest BCUT2D eigenvalue weighted by atomic mass is 9.92. The number of ether oxygens (including phenoxy) is 1. The molecule has 0 bridgehead atoms. The molecule has 0 saturated heterocycles. The van der Waals surface area contributed by atoms with Gasteiger partial charge in [0.2, 0.25) is 0 Å². The van der Waals surface area contributed by atoms with Crippen molar-refractivity contribution in [2.45, 2.75) is 46.1 Å². The monoisotopic (exact) mass is 412 g/mol. The van der Waals surface area contributed by atoms with Gasteiger partial charge < -0.3 is 10.1 Å². The predicted octanol–water partition coefficient (Wildman–Crippen LogP) is 4.93. The van der Waals surface area contributed by atoms with Crippen LogP contribution in [0.4, 0.5) is 5.82 Å². The Hall–Kier alpha value is -2.86. The minimum atomic E-state index is -0.750. The van der Waals surface area contributed by atoms with Gasteiger partial charge >= 0.3 is 0 Å². The molecule has 0 radical (unpaired) electrons. The van der Waals surface area contributed by atoms with E-state index in [1.807, 2.05) is 43.3 Å². The molecule has 2 heterocycles. The van der Waals surface area contributed by atoms with Crippen molar-refractivity contribution in [2.24, 2.45) is 0 Å². The minimum absolute atomic E-state index is 0.184. The number of hydrogen-bond acceptors (Lipinski definition) is 4. The second-order valence-electron chi connectivity index (χ2n) is 7.95. The van der Waals surface area contributed by atoms with E-state index < -0.39 is 6.10 Å². The highest BCUT2D eigenvalue weighted by atomic mass is 35.5. The van der Waals surface area contributed by atoms with Gasteiger partial charge in [0.15, 0.2) is 11.9 Å². The van der Waals surface area contributed by atoms with Crippen molar-refractivity contribution >= 4 is 23.3 Å². The van der Waals surface area contributed by atoms with E-state index >= 15 is 0 Å². The SMILES string of the molecule is Cc1ccc(Cl)c(OC(C)C(=O)Nc2cc(C(C)(C)C)nn2-c2ccccn2)c1. The summed E-state index contributed by atoms with van der Waals surface area (Å²) in [7, 11) is 0. The quantitative estimate of drug-likeness (QED) is 0.644. The first-order valence-electron chi connectivity index (χ1n) is 9.41. The zero-order valence-electron chi connectivity index (χ0n) is 17.2. The highest BCUT2D eigenvalue weighted by molar-refractivity contribution is 6.32. The number of hydrogen-bond donors (Lipinski definition) is 1. The summed E-state index contributed by atoms with van der Waals surface area (Å²) in [4.78, 5) is 17.2. The van der Waals surface area contributed by atoms with Crippen LogP contribution in [-0.4, -0.2) is 26.8 Å². The number of rotatable bonds is 5. The van der Waals surface area contributed by atoms with Crippen LogP contribution < -0.4 is 10.1 Å². The van der Waals surface area contributed by atoms with Gasteiger partial charge in [0.1, 0.15) is 11.6 Å². The Kier molecular flexibility index (Phi) is 5.94. The zero-order chi connectivity index (χ0) is 21.2. The maximum atomic E-state index is 12.8.